The first kappa shape index (κ1) is 22.2. The van der Waals surface area contributed by atoms with E-state index in [4.69, 9.17) is 9.47 Å². The smallest absolute Gasteiger partial charge is 0.337 e. The molecule has 0 spiro atoms. The zero-order valence-corrected chi connectivity index (χ0v) is 19.5. The Kier molecular flexibility index (Phi) is 6.52. The molecule has 0 atom stereocenters. The van der Waals surface area contributed by atoms with E-state index in [1.54, 1.807) is 0 Å². The molecule has 0 N–H and O–H groups in total. The lowest BCUT2D eigenvalue weighted by atomic mass is 10.2. The Bertz CT molecular complexity index is 1130. The normalized spacial score (nSPS) is 11.0. The third-order valence-corrected chi connectivity index (χ3v) is 10.7. The van der Waals surface area contributed by atoms with Gasteiger partial charge in [0.05, 0.1) is 25.3 Å². The van der Waals surface area contributed by atoms with E-state index < -0.39 is 8.07 Å². The molecule has 0 aliphatic heterocycles. The van der Waals surface area contributed by atoms with Gasteiger partial charge in [0.2, 0.25) is 0 Å². The standard InChI is InChI=1S/C28H24O4Si/c1-31-27(29)21-13-17-25(18-14-21)33(23-9-5-3-6-10-23,24-11-7-4-8-12-24)26-19-15-22(16-20-26)28(30)32-2/h3-20H,1-2H3. The van der Waals surface area contributed by atoms with Gasteiger partial charge in [0.25, 0.3) is 0 Å². The van der Waals surface area contributed by atoms with Gasteiger partial charge in [-0.3, -0.25) is 0 Å². The number of hydrogen-bond donors (Lipinski definition) is 0. The van der Waals surface area contributed by atoms with E-state index in [9.17, 15) is 9.59 Å². The average molecular weight is 453 g/mol. The molecule has 0 saturated carbocycles. The first-order valence-electron chi connectivity index (χ1n) is 10.6. The summed E-state index contributed by atoms with van der Waals surface area (Å²) in [6, 6.07) is 36.2. The zero-order chi connectivity index (χ0) is 23.3. The maximum atomic E-state index is 12.1. The minimum atomic E-state index is -2.74. The molecule has 33 heavy (non-hydrogen) atoms. The lowest BCUT2D eigenvalue weighted by molar-refractivity contribution is 0.0592. The summed E-state index contributed by atoms with van der Waals surface area (Å²) in [5, 5.41) is 4.65. The summed E-state index contributed by atoms with van der Waals surface area (Å²) in [6.07, 6.45) is 0. The molecule has 0 bridgehead atoms. The number of methoxy groups -OCH3 is 2. The van der Waals surface area contributed by atoms with Crippen LogP contribution in [0.4, 0.5) is 0 Å². The Hall–Kier alpha value is -3.96. The Morgan fingerprint density at radius 2 is 0.788 bits per heavy atom. The minimum absolute atomic E-state index is 0.365. The van der Waals surface area contributed by atoms with Crippen LogP contribution in [-0.4, -0.2) is 34.2 Å². The molecule has 4 nitrogen and oxygen atoms in total. The molecule has 0 radical (unpaired) electrons. The van der Waals surface area contributed by atoms with Crippen molar-refractivity contribution >= 4 is 40.8 Å². The fourth-order valence-electron chi connectivity index (χ4n) is 4.32. The number of esters is 2. The highest BCUT2D eigenvalue weighted by Crippen LogP contribution is 2.12. The van der Waals surface area contributed by atoms with E-state index in [-0.39, 0.29) is 11.9 Å². The van der Waals surface area contributed by atoms with Crippen LogP contribution >= 0.6 is 0 Å². The van der Waals surface area contributed by atoms with Gasteiger partial charge in [0.15, 0.2) is 8.07 Å². The SMILES string of the molecule is COC(=O)c1ccc([Si](c2ccccc2)(c2ccccc2)c2ccc(C(=O)OC)cc2)cc1. The first-order valence-corrected chi connectivity index (χ1v) is 12.6. The van der Waals surface area contributed by atoms with Gasteiger partial charge in [-0.15, -0.1) is 0 Å². The van der Waals surface area contributed by atoms with Crippen LogP contribution in [0.2, 0.25) is 0 Å². The van der Waals surface area contributed by atoms with E-state index in [1.807, 2.05) is 84.9 Å². The van der Waals surface area contributed by atoms with Crippen molar-refractivity contribution in [3.8, 4) is 0 Å². The highest BCUT2D eigenvalue weighted by Gasteiger charge is 2.41. The molecular weight excluding hydrogens is 428 g/mol. The number of hydrogen-bond acceptors (Lipinski definition) is 4. The molecule has 5 heteroatoms. The third kappa shape index (κ3) is 4.11. The second-order valence-corrected chi connectivity index (χ2v) is 11.4. The number of benzene rings is 4. The van der Waals surface area contributed by atoms with Crippen molar-refractivity contribution in [3.63, 3.8) is 0 Å². The van der Waals surface area contributed by atoms with Gasteiger partial charge in [-0.1, -0.05) is 84.9 Å². The number of carbonyl (C=O) groups is 2. The van der Waals surface area contributed by atoms with E-state index >= 15 is 0 Å². The van der Waals surface area contributed by atoms with Gasteiger partial charge in [0, 0.05) is 0 Å². The molecule has 0 aliphatic rings. The molecule has 0 heterocycles. The van der Waals surface area contributed by atoms with Crippen LogP contribution in [0.5, 0.6) is 0 Å². The largest absolute Gasteiger partial charge is 0.465 e. The number of carbonyl (C=O) groups excluding carboxylic acids is 2. The van der Waals surface area contributed by atoms with Gasteiger partial charge < -0.3 is 9.47 Å². The van der Waals surface area contributed by atoms with Crippen molar-refractivity contribution in [1.29, 1.82) is 0 Å². The van der Waals surface area contributed by atoms with Gasteiger partial charge in [0.1, 0.15) is 0 Å². The Balaban J connectivity index is 2.02. The molecule has 0 amide bonds. The summed E-state index contributed by atoms with van der Waals surface area (Å²) in [7, 11) is 0.0221. The van der Waals surface area contributed by atoms with Crippen LogP contribution in [0.1, 0.15) is 20.7 Å². The van der Waals surface area contributed by atoms with Crippen molar-refractivity contribution in [1.82, 2.24) is 0 Å². The van der Waals surface area contributed by atoms with Crippen molar-refractivity contribution in [2.75, 3.05) is 14.2 Å². The first-order chi connectivity index (χ1) is 16.1. The van der Waals surface area contributed by atoms with Crippen molar-refractivity contribution in [2.24, 2.45) is 0 Å². The Morgan fingerprint density at radius 1 is 0.485 bits per heavy atom. The maximum absolute atomic E-state index is 12.1. The molecule has 0 saturated heterocycles. The molecular formula is C28H24O4Si. The Morgan fingerprint density at radius 3 is 1.09 bits per heavy atom. The van der Waals surface area contributed by atoms with Crippen LogP contribution in [0, 0.1) is 0 Å². The van der Waals surface area contributed by atoms with E-state index in [2.05, 4.69) is 24.3 Å². The van der Waals surface area contributed by atoms with Crippen LogP contribution in [0.15, 0.2) is 109 Å². The fourth-order valence-corrected chi connectivity index (χ4v) is 9.04. The molecule has 164 valence electrons. The zero-order valence-electron chi connectivity index (χ0n) is 18.5. The predicted molar refractivity (Wildman–Crippen MR) is 133 cm³/mol. The van der Waals surface area contributed by atoms with Crippen LogP contribution in [0.3, 0.4) is 0 Å². The van der Waals surface area contributed by atoms with E-state index in [0.29, 0.717) is 11.1 Å². The lowest BCUT2D eigenvalue weighted by Gasteiger charge is -2.34. The molecule has 0 unspecified atom stereocenters. The van der Waals surface area contributed by atoms with Crippen molar-refractivity contribution < 1.29 is 19.1 Å². The second-order valence-electron chi connectivity index (χ2n) is 7.62. The Labute approximate surface area is 194 Å². The summed E-state index contributed by atoms with van der Waals surface area (Å²) < 4.78 is 9.78. The van der Waals surface area contributed by atoms with Crippen LogP contribution in [0.25, 0.3) is 0 Å². The summed E-state index contributed by atoms with van der Waals surface area (Å²) in [5.41, 5.74) is 1.01. The quantitative estimate of drug-likeness (QED) is 0.256. The van der Waals surface area contributed by atoms with Gasteiger partial charge >= 0.3 is 11.9 Å². The summed E-state index contributed by atoms with van der Waals surface area (Å²) >= 11 is 0. The van der Waals surface area contributed by atoms with Crippen molar-refractivity contribution in [3.05, 3.63) is 120 Å². The number of rotatable bonds is 6. The molecule has 4 aromatic carbocycles. The lowest BCUT2D eigenvalue weighted by Crippen LogP contribution is -2.74. The maximum Gasteiger partial charge on any atom is 0.337 e. The van der Waals surface area contributed by atoms with Gasteiger partial charge in [-0.2, -0.15) is 0 Å². The highest BCUT2D eigenvalue weighted by molar-refractivity contribution is 7.19. The molecule has 0 aliphatic carbocycles. The van der Waals surface area contributed by atoms with Crippen molar-refractivity contribution in [2.45, 2.75) is 0 Å². The predicted octanol–water partition coefficient (Wildman–Crippen LogP) is 2.64. The molecule has 0 aromatic heterocycles. The summed E-state index contributed by atoms with van der Waals surface area (Å²) in [5.74, 6) is -0.730. The second kappa shape index (κ2) is 9.67. The molecule has 4 rings (SSSR count). The highest BCUT2D eigenvalue weighted by atomic mass is 28.3. The van der Waals surface area contributed by atoms with Crippen LogP contribution < -0.4 is 20.7 Å². The van der Waals surface area contributed by atoms with E-state index in [1.165, 1.54) is 24.6 Å². The topological polar surface area (TPSA) is 52.6 Å². The molecule has 0 fully saturated rings. The summed E-state index contributed by atoms with van der Waals surface area (Å²) in [6.45, 7) is 0. The summed E-state index contributed by atoms with van der Waals surface area (Å²) in [4.78, 5) is 24.1. The number of ether oxygens (including phenoxy) is 2. The van der Waals surface area contributed by atoms with Crippen LogP contribution in [-0.2, 0) is 9.47 Å². The van der Waals surface area contributed by atoms with Gasteiger partial charge in [-0.25, -0.2) is 9.59 Å². The third-order valence-electron chi connectivity index (χ3n) is 5.89. The minimum Gasteiger partial charge on any atom is -0.465 e. The molecule has 4 aromatic rings. The average Bonchev–Trinajstić information content (AvgIpc) is 2.90. The van der Waals surface area contributed by atoms with E-state index in [0.717, 1.165) is 10.4 Å². The monoisotopic (exact) mass is 452 g/mol. The fraction of sp³-hybridized carbons (Fsp3) is 0.0714. The van der Waals surface area contributed by atoms with Gasteiger partial charge in [-0.05, 0) is 45.0 Å².